The molecule has 4 rings (SSSR count). The number of anilines is 4. The van der Waals surface area contributed by atoms with Gasteiger partial charge in [0.25, 0.3) is 0 Å². The third-order valence-corrected chi connectivity index (χ3v) is 6.85. The fourth-order valence-electron chi connectivity index (χ4n) is 3.61. The van der Waals surface area contributed by atoms with Gasteiger partial charge in [-0.2, -0.15) is 39.9 Å². The monoisotopic (exact) mass is 568 g/mol. The minimum atomic E-state index is -4.46. The number of rotatable bonds is 11. The van der Waals surface area contributed by atoms with Gasteiger partial charge in [-0.25, -0.2) is 4.79 Å². The van der Waals surface area contributed by atoms with E-state index in [4.69, 9.17) is 0 Å². The fraction of sp³-hybridized carbons (Fsp3) is 0.214. The second-order valence-corrected chi connectivity index (χ2v) is 10.0. The molecule has 0 spiro atoms. The first-order valence-corrected chi connectivity index (χ1v) is 13.3. The van der Waals surface area contributed by atoms with Crippen LogP contribution in [0.3, 0.4) is 0 Å². The molecule has 0 amide bonds. The van der Waals surface area contributed by atoms with Crippen molar-refractivity contribution in [3.63, 3.8) is 0 Å². The van der Waals surface area contributed by atoms with Crippen LogP contribution >= 0.6 is 11.8 Å². The number of benzene rings is 3. The van der Waals surface area contributed by atoms with Crippen LogP contribution in [-0.4, -0.2) is 51.9 Å². The first-order valence-electron chi connectivity index (χ1n) is 12.2. The minimum absolute atomic E-state index is 0.0174. The molecule has 1 atom stereocenters. The number of halogens is 3. The van der Waals surface area contributed by atoms with Crippen LogP contribution in [-0.2, 0) is 16.7 Å². The first kappa shape index (κ1) is 28.7. The van der Waals surface area contributed by atoms with Gasteiger partial charge in [0.1, 0.15) is 6.04 Å². The zero-order valence-electron chi connectivity index (χ0n) is 21.7. The molecule has 1 aromatic heterocycles. The molecule has 3 N–H and O–H groups in total. The lowest BCUT2D eigenvalue weighted by atomic mass is 10.2. The van der Waals surface area contributed by atoms with E-state index in [2.05, 4.69) is 25.6 Å². The van der Waals surface area contributed by atoms with E-state index in [1.807, 2.05) is 73.6 Å². The predicted octanol–water partition coefficient (Wildman–Crippen LogP) is 6.17. The second-order valence-electron chi connectivity index (χ2n) is 8.98. The lowest BCUT2D eigenvalue weighted by Gasteiger charge is -2.16. The molecule has 1 unspecified atom stereocenters. The molecule has 208 valence electrons. The lowest BCUT2D eigenvalue weighted by Crippen LogP contribution is -2.32. The highest BCUT2D eigenvalue weighted by Gasteiger charge is 2.30. The molecule has 4 aromatic rings. The van der Waals surface area contributed by atoms with Gasteiger partial charge >= 0.3 is 12.1 Å². The van der Waals surface area contributed by atoms with Gasteiger partial charge in [-0.3, -0.25) is 0 Å². The number of alkyl halides is 3. The summed E-state index contributed by atoms with van der Waals surface area (Å²) >= 11 is 1.45. The van der Waals surface area contributed by atoms with Gasteiger partial charge in [0.15, 0.2) is 5.82 Å². The SMILES string of the molecule is CN(C)c1ccc(-c2nc(Nc3ccc(C(F)(F)F)cc3)nc(NC(CSCc3ccccc3)C(=O)O)n2)cc1. The number of thioether (sulfide) groups is 1. The van der Waals surface area contributed by atoms with Crippen LogP contribution in [0.2, 0.25) is 0 Å². The number of hydrogen-bond donors (Lipinski definition) is 3. The summed E-state index contributed by atoms with van der Waals surface area (Å²) in [5.41, 5.74) is 2.23. The third-order valence-electron chi connectivity index (χ3n) is 5.74. The summed E-state index contributed by atoms with van der Waals surface area (Å²) in [5.74, 6) is 0.125. The molecule has 12 heteroatoms. The Balaban J connectivity index is 1.59. The number of aromatic nitrogens is 3. The van der Waals surface area contributed by atoms with Gasteiger partial charge < -0.3 is 20.6 Å². The number of nitrogens with zero attached hydrogens (tertiary/aromatic N) is 4. The smallest absolute Gasteiger partial charge is 0.416 e. The molecule has 0 aliphatic rings. The van der Waals surface area contributed by atoms with E-state index in [-0.39, 0.29) is 23.5 Å². The van der Waals surface area contributed by atoms with E-state index in [0.717, 1.165) is 23.4 Å². The summed E-state index contributed by atoms with van der Waals surface area (Å²) in [6.45, 7) is 0. The number of hydrogen-bond acceptors (Lipinski definition) is 8. The van der Waals surface area contributed by atoms with E-state index >= 15 is 0 Å². The maximum absolute atomic E-state index is 13.0. The van der Waals surface area contributed by atoms with Crippen molar-refractivity contribution in [3.05, 3.63) is 90.0 Å². The topological polar surface area (TPSA) is 103 Å². The molecule has 40 heavy (non-hydrogen) atoms. The Bertz CT molecular complexity index is 1420. The molecule has 0 saturated heterocycles. The Labute approximate surface area is 233 Å². The van der Waals surface area contributed by atoms with Crippen molar-refractivity contribution in [2.75, 3.05) is 35.4 Å². The van der Waals surface area contributed by atoms with Crippen LogP contribution in [0.5, 0.6) is 0 Å². The molecule has 8 nitrogen and oxygen atoms in total. The standard InChI is InChI=1S/C28H27F3N6O2S/c1-37(2)22-14-8-19(9-15-22)24-34-26(32-21-12-10-20(11-13-21)28(29,30)31)36-27(35-24)33-23(25(38)39)17-40-16-18-6-4-3-5-7-18/h3-15,23H,16-17H2,1-2H3,(H,38,39)(H2,32,33,34,35,36). The number of nitrogens with one attached hydrogen (secondary N) is 2. The summed E-state index contributed by atoms with van der Waals surface area (Å²) in [4.78, 5) is 27.2. The van der Waals surface area contributed by atoms with E-state index in [0.29, 0.717) is 17.0 Å². The minimum Gasteiger partial charge on any atom is -0.480 e. The molecule has 0 aliphatic carbocycles. The van der Waals surface area contributed by atoms with E-state index in [9.17, 15) is 23.1 Å². The lowest BCUT2D eigenvalue weighted by molar-refractivity contribution is -0.138. The highest BCUT2D eigenvalue weighted by atomic mass is 32.2. The number of aliphatic carboxylic acids is 1. The molecular formula is C28H27F3N6O2S. The van der Waals surface area contributed by atoms with Gasteiger partial charge in [-0.15, -0.1) is 0 Å². The average Bonchev–Trinajstić information content (AvgIpc) is 2.93. The van der Waals surface area contributed by atoms with Gasteiger partial charge in [-0.1, -0.05) is 30.3 Å². The van der Waals surface area contributed by atoms with Crippen molar-refractivity contribution in [2.45, 2.75) is 18.0 Å². The van der Waals surface area contributed by atoms with Crippen LogP contribution in [0.25, 0.3) is 11.4 Å². The van der Waals surface area contributed by atoms with Crippen molar-refractivity contribution in [1.82, 2.24) is 15.0 Å². The first-order chi connectivity index (χ1) is 19.1. The van der Waals surface area contributed by atoms with E-state index in [1.165, 1.54) is 23.9 Å². The summed E-state index contributed by atoms with van der Waals surface area (Å²) in [5, 5.41) is 15.6. The van der Waals surface area contributed by atoms with Crippen LogP contribution in [0, 0.1) is 0 Å². The summed E-state index contributed by atoms with van der Waals surface area (Å²) in [6.07, 6.45) is -4.46. The van der Waals surface area contributed by atoms with Gasteiger partial charge in [0.2, 0.25) is 11.9 Å². The molecule has 0 aliphatic heterocycles. The molecule has 1 heterocycles. The van der Waals surface area contributed by atoms with Crippen LogP contribution in [0.15, 0.2) is 78.9 Å². The quantitative estimate of drug-likeness (QED) is 0.196. The summed E-state index contributed by atoms with van der Waals surface area (Å²) in [6, 6.07) is 20.5. The average molecular weight is 569 g/mol. The van der Waals surface area contributed by atoms with E-state index in [1.54, 1.807) is 0 Å². The summed E-state index contributed by atoms with van der Waals surface area (Å²) in [7, 11) is 3.82. The maximum atomic E-state index is 13.0. The summed E-state index contributed by atoms with van der Waals surface area (Å²) < 4.78 is 38.9. The van der Waals surface area contributed by atoms with Crippen LogP contribution in [0.4, 0.5) is 36.4 Å². The van der Waals surface area contributed by atoms with Crippen molar-refractivity contribution in [1.29, 1.82) is 0 Å². The third kappa shape index (κ3) is 7.85. The number of carbonyl (C=O) groups is 1. The van der Waals surface area contributed by atoms with Crippen molar-refractivity contribution < 1.29 is 23.1 Å². The largest absolute Gasteiger partial charge is 0.480 e. The Morgan fingerprint density at radius 2 is 1.57 bits per heavy atom. The number of carboxylic acids is 1. The van der Waals surface area contributed by atoms with Crippen molar-refractivity contribution in [3.8, 4) is 11.4 Å². The molecule has 3 aromatic carbocycles. The normalized spacial score (nSPS) is 12.0. The number of carboxylic acid groups (broad SMARTS) is 1. The van der Waals surface area contributed by atoms with Crippen molar-refractivity contribution >= 4 is 41.0 Å². The van der Waals surface area contributed by atoms with Gasteiger partial charge in [0.05, 0.1) is 5.56 Å². The van der Waals surface area contributed by atoms with Crippen LogP contribution in [0.1, 0.15) is 11.1 Å². The highest BCUT2D eigenvalue weighted by Crippen LogP contribution is 2.30. The highest BCUT2D eigenvalue weighted by molar-refractivity contribution is 7.98. The maximum Gasteiger partial charge on any atom is 0.416 e. The Kier molecular flexibility index (Phi) is 9.10. The van der Waals surface area contributed by atoms with Gasteiger partial charge in [-0.05, 0) is 54.1 Å². The molecule has 0 saturated carbocycles. The van der Waals surface area contributed by atoms with E-state index < -0.39 is 23.8 Å². The Morgan fingerprint density at radius 3 is 2.17 bits per heavy atom. The zero-order chi connectivity index (χ0) is 28.7. The predicted molar refractivity (Wildman–Crippen MR) is 152 cm³/mol. The van der Waals surface area contributed by atoms with Gasteiger partial charge in [0, 0.05) is 42.5 Å². The molecule has 0 fully saturated rings. The molecule has 0 bridgehead atoms. The Morgan fingerprint density at radius 1 is 0.925 bits per heavy atom. The molecule has 0 radical (unpaired) electrons. The van der Waals surface area contributed by atoms with Crippen molar-refractivity contribution in [2.24, 2.45) is 0 Å². The molecular weight excluding hydrogens is 541 g/mol. The Hall–Kier alpha value is -4.32. The fourth-order valence-corrected chi connectivity index (χ4v) is 4.61. The second kappa shape index (κ2) is 12.7. The van der Waals surface area contributed by atoms with Crippen LogP contribution < -0.4 is 15.5 Å². The zero-order valence-corrected chi connectivity index (χ0v) is 22.5.